The molecule has 2 aromatic heterocycles. The summed E-state index contributed by atoms with van der Waals surface area (Å²) in [6.07, 6.45) is 0. The molecule has 0 bridgehead atoms. The number of esters is 1. The molecule has 0 amide bonds. The van der Waals surface area contributed by atoms with E-state index in [2.05, 4.69) is 9.84 Å². The molecule has 3 aromatic rings. The highest BCUT2D eigenvalue weighted by molar-refractivity contribution is 7.13. The van der Waals surface area contributed by atoms with Crippen molar-refractivity contribution < 1.29 is 23.0 Å². The van der Waals surface area contributed by atoms with E-state index >= 15 is 0 Å². The van der Waals surface area contributed by atoms with Crippen molar-refractivity contribution in [1.82, 2.24) is 9.78 Å². The lowest BCUT2D eigenvalue weighted by molar-refractivity contribution is -0.143. The van der Waals surface area contributed by atoms with Gasteiger partial charge in [-0.25, -0.2) is 13.9 Å². The van der Waals surface area contributed by atoms with Gasteiger partial charge < -0.3 is 9.47 Å². The van der Waals surface area contributed by atoms with Crippen LogP contribution in [0, 0.1) is 10.9 Å². The third-order valence-corrected chi connectivity index (χ3v) is 4.46. The topological polar surface area (TPSA) is 53.4 Å². The van der Waals surface area contributed by atoms with Crippen LogP contribution in [0.1, 0.15) is 0 Å². The van der Waals surface area contributed by atoms with Gasteiger partial charge in [0.15, 0.2) is 11.7 Å². The molecule has 0 N–H and O–H groups in total. The molecule has 9 heteroatoms. The first-order valence-electron chi connectivity index (χ1n) is 7.00. The van der Waals surface area contributed by atoms with E-state index in [0.29, 0.717) is 4.88 Å². The molecule has 5 nitrogen and oxygen atoms in total. The second-order valence-electron chi connectivity index (χ2n) is 4.80. The Labute approximate surface area is 150 Å². The molecular weight excluding hydrogens is 374 g/mol. The van der Waals surface area contributed by atoms with Gasteiger partial charge in [0.1, 0.15) is 22.2 Å². The number of ether oxygens (including phenoxy) is 2. The second-order valence-corrected chi connectivity index (χ2v) is 6.21. The molecular formula is C16H11ClF2N2O3S. The summed E-state index contributed by atoms with van der Waals surface area (Å²) in [5.74, 6) is -1.25. The standard InChI is InChI=1S/C16H11ClF2N2O3S/c1-23-13(22)8-24-16-14(17)15(11-6-7-12(19)25-11)21(20-16)10-5-3-2-4-9(10)18/h2-7H,8H2,1H3. The summed E-state index contributed by atoms with van der Waals surface area (Å²) in [5, 5.41) is 3.74. The molecule has 0 fully saturated rings. The minimum Gasteiger partial charge on any atom is -0.466 e. The average molecular weight is 385 g/mol. The highest BCUT2D eigenvalue weighted by atomic mass is 35.5. The van der Waals surface area contributed by atoms with Crippen molar-refractivity contribution in [3.05, 3.63) is 52.4 Å². The maximum absolute atomic E-state index is 14.2. The molecule has 0 aliphatic rings. The summed E-state index contributed by atoms with van der Waals surface area (Å²) in [5.41, 5.74) is 0.377. The maximum Gasteiger partial charge on any atom is 0.343 e. The van der Waals surface area contributed by atoms with E-state index in [1.54, 1.807) is 6.07 Å². The average Bonchev–Trinajstić information content (AvgIpc) is 3.16. The number of halogens is 3. The Morgan fingerprint density at radius 2 is 2.04 bits per heavy atom. The van der Waals surface area contributed by atoms with Crippen molar-refractivity contribution in [2.24, 2.45) is 0 Å². The van der Waals surface area contributed by atoms with Crippen LogP contribution < -0.4 is 4.74 Å². The summed E-state index contributed by atoms with van der Waals surface area (Å²) >= 11 is 7.13. The summed E-state index contributed by atoms with van der Waals surface area (Å²) in [7, 11) is 1.21. The smallest absolute Gasteiger partial charge is 0.343 e. The van der Waals surface area contributed by atoms with E-state index in [4.69, 9.17) is 16.3 Å². The summed E-state index contributed by atoms with van der Waals surface area (Å²) in [6, 6.07) is 8.69. The molecule has 25 heavy (non-hydrogen) atoms. The lowest BCUT2D eigenvalue weighted by Crippen LogP contribution is -2.13. The normalized spacial score (nSPS) is 10.7. The number of para-hydroxylation sites is 1. The molecule has 0 spiro atoms. The number of methoxy groups -OCH3 is 1. The molecule has 0 saturated heterocycles. The number of hydrogen-bond acceptors (Lipinski definition) is 5. The predicted octanol–water partition coefficient (Wildman–Crippen LogP) is 4.08. The zero-order chi connectivity index (χ0) is 18.0. The first-order valence-corrected chi connectivity index (χ1v) is 8.19. The highest BCUT2D eigenvalue weighted by Crippen LogP contribution is 2.40. The molecule has 130 valence electrons. The van der Waals surface area contributed by atoms with Gasteiger partial charge in [-0.2, -0.15) is 4.39 Å². The van der Waals surface area contributed by atoms with Gasteiger partial charge in [-0.3, -0.25) is 0 Å². The number of benzene rings is 1. The number of nitrogens with zero attached hydrogens (tertiary/aromatic N) is 2. The molecule has 1 aromatic carbocycles. The molecule has 0 unspecified atom stereocenters. The van der Waals surface area contributed by atoms with Gasteiger partial charge in [-0.05, 0) is 24.3 Å². The number of aromatic nitrogens is 2. The van der Waals surface area contributed by atoms with E-state index < -0.39 is 23.5 Å². The number of thiophene rings is 1. The van der Waals surface area contributed by atoms with Crippen LogP contribution in [0.3, 0.4) is 0 Å². The Balaban J connectivity index is 2.12. The minimum absolute atomic E-state index is 0.0361. The number of carbonyl (C=O) groups is 1. The minimum atomic E-state index is -0.625. The second kappa shape index (κ2) is 7.20. The van der Waals surface area contributed by atoms with Crippen molar-refractivity contribution in [1.29, 1.82) is 0 Å². The van der Waals surface area contributed by atoms with Crippen molar-refractivity contribution in [2.45, 2.75) is 0 Å². The van der Waals surface area contributed by atoms with Gasteiger partial charge in [-0.15, -0.1) is 16.4 Å². The van der Waals surface area contributed by atoms with Gasteiger partial charge >= 0.3 is 5.97 Å². The van der Waals surface area contributed by atoms with E-state index in [0.717, 1.165) is 11.3 Å². The van der Waals surface area contributed by atoms with Crippen LogP contribution >= 0.6 is 22.9 Å². The third-order valence-electron chi connectivity index (χ3n) is 3.24. The maximum atomic E-state index is 14.2. The van der Waals surface area contributed by atoms with Crippen molar-refractivity contribution >= 4 is 28.9 Å². The van der Waals surface area contributed by atoms with Crippen LogP contribution in [0.2, 0.25) is 5.02 Å². The van der Waals surface area contributed by atoms with Crippen molar-refractivity contribution in [3.63, 3.8) is 0 Å². The summed E-state index contributed by atoms with van der Waals surface area (Å²) < 4.78 is 38.6. The molecule has 3 rings (SSSR count). The third kappa shape index (κ3) is 3.49. The molecule has 0 radical (unpaired) electrons. The Bertz CT molecular complexity index is 926. The fourth-order valence-electron chi connectivity index (χ4n) is 2.11. The van der Waals surface area contributed by atoms with Gasteiger partial charge in [0.05, 0.1) is 12.0 Å². The van der Waals surface area contributed by atoms with Gasteiger partial charge in [0.25, 0.3) is 5.88 Å². The lowest BCUT2D eigenvalue weighted by Gasteiger charge is -2.06. The van der Waals surface area contributed by atoms with Crippen LogP contribution in [-0.2, 0) is 9.53 Å². The summed E-state index contributed by atoms with van der Waals surface area (Å²) in [4.78, 5) is 11.7. The zero-order valence-corrected chi connectivity index (χ0v) is 14.4. The van der Waals surface area contributed by atoms with E-state index in [9.17, 15) is 13.6 Å². The first kappa shape index (κ1) is 17.4. The van der Waals surface area contributed by atoms with E-state index in [1.807, 2.05) is 0 Å². The highest BCUT2D eigenvalue weighted by Gasteiger charge is 2.23. The predicted molar refractivity (Wildman–Crippen MR) is 89.3 cm³/mol. The van der Waals surface area contributed by atoms with Crippen molar-refractivity contribution in [3.8, 4) is 22.1 Å². The van der Waals surface area contributed by atoms with Crippen molar-refractivity contribution in [2.75, 3.05) is 13.7 Å². The van der Waals surface area contributed by atoms with Gasteiger partial charge in [-0.1, -0.05) is 23.7 Å². The number of rotatable bonds is 5. The summed E-state index contributed by atoms with van der Waals surface area (Å²) in [6.45, 7) is -0.414. The number of hydrogen-bond donors (Lipinski definition) is 0. The van der Waals surface area contributed by atoms with Crippen LogP contribution in [-0.4, -0.2) is 29.5 Å². The van der Waals surface area contributed by atoms with Crippen LogP contribution in [0.4, 0.5) is 8.78 Å². The zero-order valence-electron chi connectivity index (χ0n) is 12.8. The Morgan fingerprint density at radius 3 is 2.68 bits per heavy atom. The van der Waals surface area contributed by atoms with Gasteiger partial charge in [0, 0.05) is 0 Å². The van der Waals surface area contributed by atoms with Crippen LogP contribution in [0.5, 0.6) is 5.88 Å². The fourth-order valence-corrected chi connectivity index (χ4v) is 3.21. The molecule has 0 aliphatic carbocycles. The fraction of sp³-hybridized carbons (Fsp3) is 0.125. The Kier molecular flexibility index (Phi) is 5.00. The van der Waals surface area contributed by atoms with E-state index in [-0.39, 0.29) is 22.3 Å². The van der Waals surface area contributed by atoms with E-state index in [1.165, 1.54) is 42.1 Å². The lowest BCUT2D eigenvalue weighted by atomic mass is 10.3. The van der Waals surface area contributed by atoms with Crippen LogP contribution in [0.15, 0.2) is 36.4 Å². The Hall–Kier alpha value is -2.45. The molecule has 0 atom stereocenters. The number of carbonyl (C=O) groups excluding carboxylic acids is 1. The van der Waals surface area contributed by atoms with Gasteiger partial charge in [0.2, 0.25) is 0 Å². The largest absolute Gasteiger partial charge is 0.466 e. The monoisotopic (exact) mass is 384 g/mol. The SMILES string of the molecule is COC(=O)COc1nn(-c2ccccc2F)c(-c2ccc(F)s2)c1Cl. The molecule has 0 saturated carbocycles. The Morgan fingerprint density at radius 1 is 1.28 bits per heavy atom. The molecule has 0 aliphatic heterocycles. The quantitative estimate of drug-likeness (QED) is 0.622. The molecule has 2 heterocycles. The first-order chi connectivity index (χ1) is 12.0. The van der Waals surface area contributed by atoms with Crippen LogP contribution in [0.25, 0.3) is 16.3 Å².